The lowest BCUT2D eigenvalue weighted by Crippen LogP contribution is -2.29. The van der Waals surface area contributed by atoms with Crippen molar-refractivity contribution in [2.24, 2.45) is 0 Å². The summed E-state index contributed by atoms with van der Waals surface area (Å²) < 4.78 is 16.5. The Morgan fingerprint density at radius 1 is 0.538 bits per heavy atom. The van der Waals surface area contributed by atoms with Gasteiger partial charge < -0.3 is 19.7 Å². The molecule has 2 aromatic heterocycles. The molecule has 6 aromatic carbocycles. The number of unbranched alkanes of at least 4 members (excludes halogenated alkanes) is 4. The van der Waals surface area contributed by atoms with E-state index in [9.17, 15) is 9.59 Å². The molecule has 334 valence electrons. The van der Waals surface area contributed by atoms with Gasteiger partial charge in [-0.15, -0.1) is 0 Å². The third kappa shape index (κ3) is 12.5. The van der Waals surface area contributed by atoms with Crippen LogP contribution < -0.4 is 14.8 Å². The SMILES string of the molecule is CC(C)NC(=O)CCCCCOc1ccc2nc(-c3ccccc3)n(-c3ccccc3)c2c1.CN(C)C(=O)CCCCCOc1ccc2nc(-c3ccccc3)n(-c3ccccc3)c2c1. The molecule has 1 N–H and O–H groups in total. The first-order valence-electron chi connectivity index (χ1n) is 22.8. The molecule has 0 aliphatic carbocycles. The van der Waals surface area contributed by atoms with Crippen molar-refractivity contribution in [1.82, 2.24) is 29.3 Å². The van der Waals surface area contributed by atoms with Crippen molar-refractivity contribution in [2.75, 3.05) is 27.3 Å². The van der Waals surface area contributed by atoms with Crippen molar-refractivity contribution in [2.45, 2.75) is 71.3 Å². The number of carbonyl (C=O) groups is 2. The van der Waals surface area contributed by atoms with Crippen LogP contribution in [0.15, 0.2) is 158 Å². The highest BCUT2D eigenvalue weighted by Gasteiger charge is 2.17. The van der Waals surface area contributed by atoms with Crippen LogP contribution >= 0.6 is 0 Å². The van der Waals surface area contributed by atoms with E-state index in [1.807, 2.05) is 111 Å². The second-order valence-electron chi connectivity index (χ2n) is 16.6. The maximum atomic E-state index is 11.7. The number of hydrogen-bond acceptors (Lipinski definition) is 6. The van der Waals surface area contributed by atoms with Gasteiger partial charge in [0.1, 0.15) is 23.1 Å². The zero-order chi connectivity index (χ0) is 45.4. The van der Waals surface area contributed by atoms with E-state index in [4.69, 9.17) is 19.4 Å². The molecule has 0 radical (unpaired) electrons. The lowest BCUT2D eigenvalue weighted by atomic mass is 10.2. The molecular formula is C55H60N6O4. The molecule has 0 saturated carbocycles. The molecule has 0 unspecified atom stereocenters. The van der Waals surface area contributed by atoms with Gasteiger partial charge in [0.25, 0.3) is 0 Å². The number of nitrogens with zero attached hydrogens (tertiary/aromatic N) is 5. The molecule has 0 fully saturated rings. The normalized spacial score (nSPS) is 11.0. The Morgan fingerprint density at radius 2 is 0.954 bits per heavy atom. The van der Waals surface area contributed by atoms with Gasteiger partial charge >= 0.3 is 0 Å². The van der Waals surface area contributed by atoms with E-state index >= 15 is 0 Å². The van der Waals surface area contributed by atoms with Crippen LogP contribution in [0.25, 0.3) is 56.2 Å². The minimum absolute atomic E-state index is 0.125. The lowest BCUT2D eigenvalue weighted by molar-refractivity contribution is -0.128. The predicted molar refractivity (Wildman–Crippen MR) is 263 cm³/mol. The van der Waals surface area contributed by atoms with E-state index in [-0.39, 0.29) is 17.9 Å². The number of carbonyl (C=O) groups excluding carboxylic acids is 2. The highest BCUT2D eigenvalue weighted by molar-refractivity contribution is 5.85. The summed E-state index contributed by atoms with van der Waals surface area (Å²) in [5, 5.41) is 2.93. The Bertz CT molecular complexity index is 2730. The van der Waals surface area contributed by atoms with E-state index in [2.05, 4.69) is 75.1 Å². The van der Waals surface area contributed by atoms with Crippen LogP contribution in [0.1, 0.15) is 65.2 Å². The monoisotopic (exact) mass is 868 g/mol. The van der Waals surface area contributed by atoms with Crippen LogP contribution in [-0.4, -0.2) is 69.2 Å². The van der Waals surface area contributed by atoms with E-state index in [0.29, 0.717) is 26.1 Å². The zero-order valence-corrected chi connectivity index (χ0v) is 38.0. The highest BCUT2D eigenvalue weighted by atomic mass is 16.5. The van der Waals surface area contributed by atoms with Crippen molar-refractivity contribution < 1.29 is 19.1 Å². The maximum absolute atomic E-state index is 11.7. The first kappa shape index (κ1) is 45.8. The lowest BCUT2D eigenvalue weighted by Gasteiger charge is -2.11. The Kier molecular flexibility index (Phi) is 16.2. The highest BCUT2D eigenvalue weighted by Crippen LogP contribution is 2.32. The number of amides is 2. The number of aromatic nitrogens is 4. The minimum Gasteiger partial charge on any atom is -0.494 e. The zero-order valence-electron chi connectivity index (χ0n) is 38.0. The number of fused-ring (bicyclic) bond motifs is 2. The van der Waals surface area contributed by atoms with Gasteiger partial charge in [0, 0.05) is 67.6 Å². The molecule has 0 atom stereocenters. The predicted octanol–water partition coefficient (Wildman–Crippen LogP) is 11.9. The Morgan fingerprint density at radius 3 is 1.37 bits per heavy atom. The number of benzene rings is 6. The molecule has 2 amide bonds. The fourth-order valence-corrected chi connectivity index (χ4v) is 7.65. The minimum atomic E-state index is 0.125. The number of para-hydroxylation sites is 2. The smallest absolute Gasteiger partial charge is 0.222 e. The third-order valence-electron chi connectivity index (χ3n) is 10.9. The second-order valence-corrected chi connectivity index (χ2v) is 16.6. The van der Waals surface area contributed by atoms with Crippen LogP contribution in [0.3, 0.4) is 0 Å². The molecule has 0 aliphatic rings. The number of imidazole rings is 2. The van der Waals surface area contributed by atoms with Crippen molar-refractivity contribution in [3.63, 3.8) is 0 Å². The summed E-state index contributed by atoms with van der Waals surface area (Å²) in [5.41, 5.74) is 8.17. The summed E-state index contributed by atoms with van der Waals surface area (Å²) in [6.45, 7) is 5.22. The quantitative estimate of drug-likeness (QED) is 0.0812. The first-order chi connectivity index (χ1) is 31.7. The number of rotatable bonds is 19. The molecule has 10 nitrogen and oxygen atoms in total. The molecule has 0 saturated heterocycles. The molecule has 65 heavy (non-hydrogen) atoms. The van der Waals surface area contributed by atoms with Crippen molar-refractivity contribution in [3.8, 4) is 45.6 Å². The van der Waals surface area contributed by atoms with E-state index in [0.717, 1.165) is 106 Å². The van der Waals surface area contributed by atoms with Gasteiger partial charge in [0.2, 0.25) is 11.8 Å². The summed E-state index contributed by atoms with van der Waals surface area (Å²) in [5.74, 6) is 3.79. The first-order valence-corrected chi connectivity index (χ1v) is 22.8. The van der Waals surface area contributed by atoms with E-state index in [1.165, 1.54) is 0 Å². The summed E-state index contributed by atoms with van der Waals surface area (Å²) in [7, 11) is 3.59. The topological polar surface area (TPSA) is 104 Å². The maximum Gasteiger partial charge on any atom is 0.222 e. The van der Waals surface area contributed by atoms with Gasteiger partial charge in [-0.1, -0.05) is 97.1 Å². The van der Waals surface area contributed by atoms with Gasteiger partial charge in [-0.05, 0) is 101 Å². The van der Waals surface area contributed by atoms with Crippen LogP contribution in [0.2, 0.25) is 0 Å². The molecule has 0 aliphatic heterocycles. The van der Waals surface area contributed by atoms with Gasteiger partial charge in [-0.3, -0.25) is 18.7 Å². The van der Waals surface area contributed by atoms with Gasteiger partial charge in [0.15, 0.2) is 0 Å². The fourth-order valence-electron chi connectivity index (χ4n) is 7.65. The Hall–Kier alpha value is -7.20. The molecule has 2 heterocycles. The standard InChI is InChI=1S/C28H31N3O2.C27H29N3O2/c1-21(2)29-27(32)16-10-5-11-19-33-24-17-18-25-26(20-24)31(23-14-8-4-9-15-23)28(30-25)22-12-6-3-7-13-22;1-29(2)26(31)16-10-5-11-19-32-23-17-18-24-25(20-23)30(22-14-8-4-9-15-22)27(28-24)21-12-6-3-7-13-21/h3-4,6-9,12-15,17-18,20-21H,5,10-11,16,19H2,1-2H3,(H,29,32);3-4,6-9,12-15,17-18,20H,5,10-11,16,19H2,1-2H3. The molecule has 10 heteroatoms. The van der Waals surface area contributed by atoms with Gasteiger partial charge in [-0.25, -0.2) is 9.97 Å². The third-order valence-corrected chi connectivity index (χ3v) is 10.9. The molecule has 0 spiro atoms. The molecular weight excluding hydrogens is 809 g/mol. The van der Waals surface area contributed by atoms with Crippen molar-refractivity contribution >= 4 is 33.9 Å². The van der Waals surface area contributed by atoms with Gasteiger partial charge in [0.05, 0.1) is 35.3 Å². The number of hydrogen-bond donors (Lipinski definition) is 1. The van der Waals surface area contributed by atoms with Crippen LogP contribution in [-0.2, 0) is 9.59 Å². The van der Waals surface area contributed by atoms with E-state index in [1.54, 1.807) is 19.0 Å². The summed E-state index contributed by atoms with van der Waals surface area (Å²) in [6, 6.07) is 53.4. The average molecular weight is 869 g/mol. The Balaban J connectivity index is 0.000000194. The summed E-state index contributed by atoms with van der Waals surface area (Å²) in [4.78, 5) is 34.9. The van der Waals surface area contributed by atoms with Crippen molar-refractivity contribution in [1.29, 1.82) is 0 Å². The van der Waals surface area contributed by atoms with E-state index < -0.39 is 0 Å². The molecule has 8 aromatic rings. The fraction of sp³-hybridized carbons (Fsp3) is 0.273. The molecule has 8 rings (SSSR count). The Labute approximate surface area is 382 Å². The van der Waals surface area contributed by atoms with Crippen molar-refractivity contribution in [3.05, 3.63) is 158 Å². The average Bonchev–Trinajstić information content (AvgIpc) is 3.91. The van der Waals surface area contributed by atoms with Gasteiger partial charge in [-0.2, -0.15) is 0 Å². The number of nitrogens with one attached hydrogen (secondary N) is 1. The van der Waals surface area contributed by atoms with Crippen LogP contribution in [0, 0.1) is 0 Å². The largest absolute Gasteiger partial charge is 0.494 e. The molecule has 0 bridgehead atoms. The van der Waals surface area contributed by atoms with Crippen LogP contribution in [0.4, 0.5) is 0 Å². The van der Waals surface area contributed by atoms with Crippen LogP contribution in [0.5, 0.6) is 11.5 Å². The summed E-state index contributed by atoms with van der Waals surface area (Å²) in [6.07, 6.45) is 6.71. The summed E-state index contributed by atoms with van der Waals surface area (Å²) >= 11 is 0. The number of ether oxygens (including phenoxy) is 2. The second kappa shape index (κ2) is 22.9.